The average Bonchev–Trinajstić information content (AvgIpc) is 3.08. The van der Waals surface area contributed by atoms with Crippen molar-refractivity contribution >= 4 is 15.9 Å². The number of rotatable bonds is 17. The van der Waals surface area contributed by atoms with Gasteiger partial charge in [0.2, 0.25) is 15.9 Å². The van der Waals surface area contributed by atoms with E-state index >= 15 is 0 Å². The van der Waals surface area contributed by atoms with Gasteiger partial charge in [0.05, 0.1) is 15.5 Å². The lowest BCUT2D eigenvalue weighted by Crippen LogP contribution is -2.53. The summed E-state index contributed by atoms with van der Waals surface area (Å²) in [4.78, 5) is 31.8. The van der Waals surface area contributed by atoms with Gasteiger partial charge in [0.15, 0.2) is 0 Å². The zero-order valence-electron chi connectivity index (χ0n) is 28.9. The Morgan fingerprint density at radius 1 is 0.896 bits per heavy atom. The first-order chi connectivity index (χ1) is 23.0. The summed E-state index contributed by atoms with van der Waals surface area (Å²) in [5.41, 5.74) is 2.32. The molecule has 1 aliphatic heterocycles. The largest absolute Gasteiger partial charge is 0.382 e. The highest BCUT2D eigenvalue weighted by atomic mass is 32.2. The van der Waals surface area contributed by atoms with Crippen molar-refractivity contribution in [2.45, 2.75) is 56.9 Å². The predicted molar refractivity (Wildman–Crippen MR) is 190 cm³/mol. The molecule has 1 aliphatic carbocycles. The molecule has 1 saturated heterocycles. The Morgan fingerprint density at radius 3 is 1.98 bits per heavy atom. The van der Waals surface area contributed by atoms with E-state index < -0.39 is 21.0 Å². The lowest BCUT2D eigenvalue weighted by molar-refractivity contribution is -0.421. The van der Waals surface area contributed by atoms with Crippen molar-refractivity contribution in [3.63, 3.8) is 0 Å². The number of allylic oxidation sites excluding steroid dienone is 3. The number of sulfonamides is 1. The minimum Gasteiger partial charge on any atom is -0.382 e. The molecule has 12 heteroatoms. The van der Waals surface area contributed by atoms with Crippen LogP contribution < -0.4 is 5.32 Å². The van der Waals surface area contributed by atoms with Crippen LogP contribution in [0.5, 0.6) is 0 Å². The molecule has 4 rings (SSSR count). The highest BCUT2D eigenvalue weighted by Gasteiger charge is 2.41. The minimum absolute atomic E-state index is 0.00566. The summed E-state index contributed by atoms with van der Waals surface area (Å²) in [6.07, 6.45) is 4.92. The first kappa shape index (κ1) is 37.2. The molecular weight excluding hydrogens is 628 g/mol. The van der Waals surface area contributed by atoms with E-state index in [1.807, 2.05) is 93.8 Å². The van der Waals surface area contributed by atoms with E-state index in [0.717, 1.165) is 43.5 Å². The van der Waals surface area contributed by atoms with Crippen LogP contribution in [0, 0.1) is 10.1 Å². The van der Waals surface area contributed by atoms with E-state index in [-0.39, 0.29) is 41.8 Å². The Bertz CT molecular complexity index is 1470. The number of piperidine rings is 1. The molecular formula is C36H52N6O5S. The number of hydrogen-bond acceptors (Lipinski definition) is 8. The molecule has 1 heterocycles. The minimum atomic E-state index is -4.12. The lowest BCUT2D eigenvalue weighted by Gasteiger charge is -2.37. The number of nitrogens with one attached hydrogen (secondary N) is 1. The zero-order chi connectivity index (χ0) is 34.7. The van der Waals surface area contributed by atoms with Gasteiger partial charge in [-0.1, -0.05) is 67.1 Å². The van der Waals surface area contributed by atoms with Crippen LogP contribution in [0.15, 0.2) is 83.0 Å². The lowest BCUT2D eigenvalue weighted by atomic mass is 9.91. The van der Waals surface area contributed by atoms with E-state index in [9.17, 15) is 23.3 Å². The summed E-state index contributed by atoms with van der Waals surface area (Å²) in [6.45, 7) is 3.37. The van der Waals surface area contributed by atoms with Crippen LogP contribution in [0.1, 0.15) is 62.0 Å². The Labute approximate surface area is 286 Å². The Morgan fingerprint density at radius 2 is 1.46 bits per heavy atom. The standard InChI is InChI=1S/C36H52N6O5S/c1-38(2)22-13-24-40(25-14-23-39(3)4)36(43)34-19-11-12-26-41(34)48(46,47)31-20-21-33(35(27-31)42(44)45)37-28-32(29-15-7-5-8-16-29)30-17-9-6-10-18-30/h5-10,15-18,27,32,34,37H,11-14,19-26,28H2,1-4H3. The normalized spacial score (nSPS) is 17.6. The van der Waals surface area contributed by atoms with Gasteiger partial charge in [-0.2, -0.15) is 4.31 Å². The molecule has 1 amide bonds. The molecule has 11 nitrogen and oxygen atoms in total. The fraction of sp³-hybridized carbons (Fsp3) is 0.528. The number of carbonyl (C=O) groups excluding carboxylic acids is 1. The van der Waals surface area contributed by atoms with Gasteiger partial charge in [-0.25, -0.2) is 8.42 Å². The predicted octanol–water partition coefficient (Wildman–Crippen LogP) is 4.49. The Hall–Kier alpha value is -3.58. The average molecular weight is 681 g/mol. The molecule has 0 spiro atoms. The Balaban J connectivity index is 1.57. The van der Waals surface area contributed by atoms with Crippen LogP contribution in [0.25, 0.3) is 0 Å². The number of benzene rings is 2. The topological polar surface area (TPSA) is 119 Å². The maximum atomic E-state index is 14.2. The summed E-state index contributed by atoms with van der Waals surface area (Å²) in [5.74, 6) is -0.229. The molecule has 1 fully saturated rings. The van der Waals surface area contributed by atoms with E-state index in [4.69, 9.17) is 0 Å². The third-order valence-electron chi connectivity index (χ3n) is 9.11. The van der Waals surface area contributed by atoms with Gasteiger partial charge < -0.3 is 20.0 Å². The molecule has 0 aromatic heterocycles. The quantitative estimate of drug-likeness (QED) is 0.192. The van der Waals surface area contributed by atoms with E-state index in [2.05, 4.69) is 15.1 Å². The maximum absolute atomic E-state index is 14.2. The van der Waals surface area contributed by atoms with Gasteiger partial charge in [0.1, 0.15) is 6.04 Å². The monoisotopic (exact) mass is 680 g/mol. The number of nitro groups is 1. The fourth-order valence-corrected chi connectivity index (χ4v) is 8.37. The smallest absolute Gasteiger partial charge is 0.289 e. The second-order valence-electron chi connectivity index (χ2n) is 13.3. The molecule has 2 aromatic carbocycles. The van der Waals surface area contributed by atoms with Crippen molar-refractivity contribution < 1.29 is 18.1 Å². The molecule has 262 valence electrons. The van der Waals surface area contributed by atoms with Gasteiger partial charge in [0.25, 0.3) is 5.70 Å². The van der Waals surface area contributed by atoms with Gasteiger partial charge in [-0.15, -0.1) is 0 Å². The summed E-state index contributed by atoms with van der Waals surface area (Å²) in [7, 11) is 3.84. The van der Waals surface area contributed by atoms with Crippen LogP contribution in [0.2, 0.25) is 0 Å². The molecule has 48 heavy (non-hydrogen) atoms. The van der Waals surface area contributed by atoms with Crippen LogP contribution >= 0.6 is 0 Å². The molecule has 0 saturated carbocycles. The van der Waals surface area contributed by atoms with Crippen LogP contribution in [-0.2, 0) is 14.8 Å². The number of nitrogens with zero attached hydrogens (tertiary/aromatic N) is 5. The third kappa shape index (κ3) is 9.97. The Kier molecular flexibility index (Phi) is 13.7. The van der Waals surface area contributed by atoms with Crippen LogP contribution in [0.4, 0.5) is 0 Å². The van der Waals surface area contributed by atoms with Gasteiger partial charge in [-0.05, 0) is 90.9 Å². The second-order valence-corrected chi connectivity index (χ2v) is 15.2. The van der Waals surface area contributed by atoms with Crippen molar-refractivity contribution in [1.29, 1.82) is 0 Å². The molecule has 0 radical (unpaired) electrons. The van der Waals surface area contributed by atoms with Crippen molar-refractivity contribution in [1.82, 2.24) is 24.3 Å². The van der Waals surface area contributed by atoms with Gasteiger partial charge >= 0.3 is 0 Å². The number of carbonyl (C=O) groups is 1. The van der Waals surface area contributed by atoms with Crippen molar-refractivity contribution in [3.05, 3.63) is 104 Å². The number of hydrogen-bond donors (Lipinski definition) is 1. The van der Waals surface area contributed by atoms with E-state index in [0.29, 0.717) is 38.2 Å². The van der Waals surface area contributed by atoms with Gasteiger partial charge in [0, 0.05) is 38.2 Å². The summed E-state index contributed by atoms with van der Waals surface area (Å²) >= 11 is 0. The van der Waals surface area contributed by atoms with Crippen LogP contribution in [-0.4, -0.2) is 112 Å². The van der Waals surface area contributed by atoms with E-state index in [1.165, 1.54) is 10.4 Å². The molecule has 1 unspecified atom stereocenters. The molecule has 2 aromatic rings. The number of amides is 1. The second kappa shape index (κ2) is 17.7. The summed E-state index contributed by atoms with van der Waals surface area (Å²) in [6, 6.07) is 19.1. The first-order valence-electron chi connectivity index (χ1n) is 17.0. The van der Waals surface area contributed by atoms with Crippen molar-refractivity contribution in [3.8, 4) is 0 Å². The van der Waals surface area contributed by atoms with Gasteiger partial charge in [-0.3, -0.25) is 14.9 Å². The maximum Gasteiger partial charge on any atom is 0.289 e. The van der Waals surface area contributed by atoms with Crippen molar-refractivity contribution in [2.75, 3.05) is 67.5 Å². The van der Waals surface area contributed by atoms with Crippen LogP contribution in [0.3, 0.4) is 0 Å². The van der Waals surface area contributed by atoms with Crippen molar-refractivity contribution in [2.24, 2.45) is 0 Å². The molecule has 1 atom stereocenters. The zero-order valence-corrected chi connectivity index (χ0v) is 29.7. The molecule has 1 N–H and O–H groups in total. The third-order valence-corrected chi connectivity index (χ3v) is 11.1. The molecule has 2 aliphatic rings. The highest BCUT2D eigenvalue weighted by molar-refractivity contribution is 7.93. The fourth-order valence-electron chi connectivity index (χ4n) is 6.55. The summed E-state index contributed by atoms with van der Waals surface area (Å²) < 4.78 is 29.7. The SMILES string of the molecule is CN(C)CCCN(CCCN(C)C)C(=O)C1CCCCN1S(=O)(=O)C1=CC([N+](=O)[O-])=C(NCC(c2ccccc2)c2ccccc2)CC1. The van der Waals surface area contributed by atoms with E-state index in [1.54, 1.807) is 0 Å². The molecule has 0 bridgehead atoms. The summed E-state index contributed by atoms with van der Waals surface area (Å²) in [5, 5.41) is 15.7. The highest BCUT2D eigenvalue weighted by Crippen LogP contribution is 2.33. The first-order valence-corrected chi connectivity index (χ1v) is 18.4.